The maximum absolute atomic E-state index is 13.5. The van der Waals surface area contributed by atoms with Crippen LogP contribution < -0.4 is 10.6 Å². The van der Waals surface area contributed by atoms with Gasteiger partial charge in [0.15, 0.2) is 0 Å². The Bertz CT molecular complexity index is 1060. The molecule has 184 valence electrons. The lowest BCUT2D eigenvalue weighted by atomic mass is 9.95. The number of carbonyl (C=O) groups excluding carboxylic acids is 1. The molecular formula is C26H34FN3O3S. The lowest BCUT2D eigenvalue weighted by Crippen LogP contribution is -2.41. The van der Waals surface area contributed by atoms with E-state index in [1.54, 1.807) is 40.7 Å². The summed E-state index contributed by atoms with van der Waals surface area (Å²) in [4.78, 5) is 13.4. The molecular weight excluding hydrogens is 453 g/mol. The molecule has 6 nitrogen and oxygen atoms in total. The minimum Gasteiger partial charge on any atom is -0.370 e. The van der Waals surface area contributed by atoms with Crippen LogP contribution in [0.15, 0.2) is 53.4 Å². The molecule has 34 heavy (non-hydrogen) atoms. The molecule has 1 amide bonds. The van der Waals surface area contributed by atoms with Crippen molar-refractivity contribution in [2.24, 2.45) is 5.92 Å². The van der Waals surface area contributed by atoms with E-state index < -0.39 is 16.1 Å². The van der Waals surface area contributed by atoms with Gasteiger partial charge in [-0.1, -0.05) is 38.3 Å². The standard InChI is InChI=1S/C26H34FN3O3S/c1-19-15-17-30(18-16-19)34(32,33)24-13-11-23(12-14-24)28-25(20-7-9-21(27)10-8-20)26(31)29-22-5-3-2-4-6-22/h7-14,19,22,25,28H,2-6,15-18H2,1H3,(H,29,31). The molecule has 1 aliphatic carbocycles. The van der Waals surface area contributed by atoms with E-state index in [0.29, 0.717) is 30.3 Å². The predicted octanol–water partition coefficient (Wildman–Crippen LogP) is 4.85. The second-order valence-electron chi connectivity index (χ2n) is 9.58. The quantitative estimate of drug-likeness (QED) is 0.585. The number of benzene rings is 2. The van der Waals surface area contributed by atoms with Gasteiger partial charge in [0.2, 0.25) is 15.9 Å². The van der Waals surface area contributed by atoms with Crippen molar-refractivity contribution in [2.45, 2.75) is 68.8 Å². The highest BCUT2D eigenvalue weighted by Gasteiger charge is 2.28. The van der Waals surface area contributed by atoms with Gasteiger partial charge in [-0.25, -0.2) is 12.8 Å². The number of amides is 1. The first-order valence-corrected chi connectivity index (χ1v) is 13.7. The van der Waals surface area contributed by atoms with Crippen molar-refractivity contribution in [1.82, 2.24) is 9.62 Å². The van der Waals surface area contributed by atoms with Crippen LogP contribution in [-0.2, 0) is 14.8 Å². The number of piperidine rings is 1. The zero-order chi connectivity index (χ0) is 24.1. The van der Waals surface area contributed by atoms with Gasteiger partial charge in [-0.15, -0.1) is 0 Å². The van der Waals surface area contributed by atoms with E-state index in [9.17, 15) is 17.6 Å². The molecule has 4 rings (SSSR count). The number of halogens is 1. The van der Waals surface area contributed by atoms with Gasteiger partial charge in [-0.2, -0.15) is 4.31 Å². The Labute approximate surface area is 202 Å². The van der Waals surface area contributed by atoms with Gasteiger partial charge in [-0.3, -0.25) is 4.79 Å². The molecule has 1 heterocycles. The highest BCUT2D eigenvalue weighted by atomic mass is 32.2. The van der Waals surface area contributed by atoms with Crippen LogP contribution in [-0.4, -0.2) is 37.8 Å². The molecule has 2 fully saturated rings. The Balaban J connectivity index is 1.50. The smallest absolute Gasteiger partial charge is 0.247 e. The molecule has 2 aliphatic rings. The van der Waals surface area contributed by atoms with Gasteiger partial charge in [0.1, 0.15) is 11.9 Å². The fraction of sp³-hybridized carbons (Fsp3) is 0.500. The molecule has 0 aromatic heterocycles. The Morgan fingerprint density at radius 2 is 1.56 bits per heavy atom. The molecule has 1 saturated carbocycles. The maximum atomic E-state index is 13.5. The summed E-state index contributed by atoms with van der Waals surface area (Å²) in [5, 5.41) is 6.36. The Morgan fingerprint density at radius 3 is 2.18 bits per heavy atom. The first-order chi connectivity index (χ1) is 16.3. The van der Waals surface area contributed by atoms with E-state index in [4.69, 9.17) is 0 Å². The van der Waals surface area contributed by atoms with E-state index in [-0.39, 0.29) is 22.7 Å². The molecule has 8 heteroatoms. The van der Waals surface area contributed by atoms with Gasteiger partial charge >= 0.3 is 0 Å². The number of anilines is 1. The average Bonchev–Trinajstić information content (AvgIpc) is 2.84. The number of rotatable bonds is 7. The highest BCUT2D eigenvalue weighted by Crippen LogP contribution is 2.27. The van der Waals surface area contributed by atoms with Crippen molar-refractivity contribution < 1.29 is 17.6 Å². The van der Waals surface area contributed by atoms with E-state index in [2.05, 4.69) is 17.6 Å². The molecule has 2 aromatic carbocycles. The van der Waals surface area contributed by atoms with E-state index in [1.807, 2.05) is 0 Å². The summed E-state index contributed by atoms with van der Waals surface area (Å²) in [7, 11) is -3.54. The Morgan fingerprint density at radius 1 is 0.941 bits per heavy atom. The number of nitrogens with zero attached hydrogens (tertiary/aromatic N) is 1. The number of hydrogen-bond donors (Lipinski definition) is 2. The van der Waals surface area contributed by atoms with E-state index in [1.165, 1.54) is 18.6 Å². The van der Waals surface area contributed by atoms with Crippen molar-refractivity contribution in [3.8, 4) is 0 Å². The van der Waals surface area contributed by atoms with Gasteiger partial charge in [0, 0.05) is 24.8 Å². The largest absolute Gasteiger partial charge is 0.370 e. The summed E-state index contributed by atoms with van der Waals surface area (Å²) >= 11 is 0. The van der Waals surface area contributed by atoms with E-state index in [0.717, 1.165) is 38.5 Å². The van der Waals surface area contributed by atoms with Crippen molar-refractivity contribution >= 4 is 21.6 Å². The molecule has 0 bridgehead atoms. The van der Waals surface area contributed by atoms with Crippen LogP contribution in [0.5, 0.6) is 0 Å². The van der Waals surface area contributed by atoms with Gasteiger partial charge in [0.25, 0.3) is 0 Å². The second kappa shape index (κ2) is 10.9. The van der Waals surface area contributed by atoms with Crippen molar-refractivity contribution in [3.63, 3.8) is 0 Å². The van der Waals surface area contributed by atoms with Crippen LogP contribution in [0.3, 0.4) is 0 Å². The number of nitrogens with one attached hydrogen (secondary N) is 2. The Kier molecular flexibility index (Phi) is 7.88. The third kappa shape index (κ3) is 5.96. The third-order valence-electron chi connectivity index (χ3n) is 6.96. The van der Waals surface area contributed by atoms with Gasteiger partial charge in [0.05, 0.1) is 4.90 Å². The van der Waals surface area contributed by atoms with Gasteiger partial charge < -0.3 is 10.6 Å². The molecule has 0 spiro atoms. The second-order valence-corrected chi connectivity index (χ2v) is 11.5. The summed E-state index contributed by atoms with van der Waals surface area (Å²) in [6, 6.07) is 11.8. The predicted molar refractivity (Wildman–Crippen MR) is 131 cm³/mol. The first-order valence-electron chi connectivity index (χ1n) is 12.3. The first kappa shape index (κ1) is 24.7. The lowest BCUT2D eigenvalue weighted by molar-refractivity contribution is -0.122. The molecule has 1 unspecified atom stereocenters. The zero-order valence-corrected chi connectivity index (χ0v) is 20.5. The molecule has 1 saturated heterocycles. The summed E-state index contributed by atoms with van der Waals surface area (Å²) in [5.41, 5.74) is 1.27. The van der Waals surface area contributed by atoms with Crippen molar-refractivity contribution in [3.05, 3.63) is 59.9 Å². The fourth-order valence-electron chi connectivity index (χ4n) is 4.75. The highest BCUT2D eigenvalue weighted by molar-refractivity contribution is 7.89. The number of sulfonamides is 1. The third-order valence-corrected chi connectivity index (χ3v) is 8.88. The van der Waals surface area contributed by atoms with Crippen LogP contribution in [0.1, 0.15) is 63.5 Å². The topological polar surface area (TPSA) is 78.5 Å². The minimum absolute atomic E-state index is 0.144. The molecule has 2 N–H and O–H groups in total. The van der Waals surface area contributed by atoms with Crippen molar-refractivity contribution in [2.75, 3.05) is 18.4 Å². The zero-order valence-electron chi connectivity index (χ0n) is 19.7. The van der Waals surface area contributed by atoms with Gasteiger partial charge in [-0.05, 0) is 73.6 Å². The van der Waals surface area contributed by atoms with Crippen LogP contribution >= 0.6 is 0 Å². The summed E-state index contributed by atoms with van der Waals surface area (Å²) in [6.07, 6.45) is 7.06. The van der Waals surface area contributed by atoms with E-state index >= 15 is 0 Å². The summed E-state index contributed by atoms with van der Waals surface area (Å²) < 4.78 is 41.1. The molecule has 1 atom stereocenters. The lowest BCUT2D eigenvalue weighted by Gasteiger charge is -2.29. The fourth-order valence-corrected chi connectivity index (χ4v) is 6.22. The molecule has 1 aliphatic heterocycles. The SMILES string of the molecule is CC1CCN(S(=O)(=O)c2ccc(NC(C(=O)NC3CCCCC3)c3ccc(F)cc3)cc2)CC1. The van der Waals surface area contributed by atoms with Crippen LogP contribution in [0, 0.1) is 11.7 Å². The number of carbonyl (C=O) groups is 1. The molecule has 2 aromatic rings. The van der Waals surface area contributed by atoms with Crippen LogP contribution in [0.4, 0.5) is 10.1 Å². The van der Waals surface area contributed by atoms with Crippen molar-refractivity contribution in [1.29, 1.82) is 0 Å². The minimum atomic E-state index is -3.54. The molecule has 0 radical (unpaired) electrons. The monoisotopic (exact) mass is 487 g/mol. The summed E-state index contributed by atoms with van der Waals surface area (Å²) in [6.45, 7) is 3.22. The van der Waals surface area contributed by atoms with Crippen LogP contribution in [0.2, 0.25) is 0 Å². The Hall–Kier alpha value is -2.45. The van der Waals surface area contributed by atoms with Crippen LogP contribution in [0.25, 0.3) is 0 Å². The normalized spacial score (nSPS) is 19.5. The number of hydrogen-bond acceptors (Lipinski definition) is 4. The summed E-state index contributed by atoms with van der Waals surface area (Å²) in [5.74, 6) is 0.00988. The maximum Gasteiger partial charge on any atom is 0.247 e. The average molecular weight is 488 g/mol.